The second-order valence-electron chi connectivity index (χ2n) is 7.48. The van der Waals surface area contributed by atoms with Gasteiger partial charge in [-0.1, -0.05) is 12.1 Å². The van der Waals surface area contributed by atoms with Crippen LogP contribution >= 0.6 is 0 Å². The number of nitrogens with zero attached hydrogens (tertiary/aromatic N) is 1. The van der Waals surface area contributed by atoms with Gasteiger partial charge in [-0.3, -0.25) is 14.9 Å². The van der Waals surface area contributed by atoms with Gasteiger partial charge >= 0.3 is 12.0 Å². The maximum absolute atomic E-state index is 12.4. The first kappa shape index (κ1) is 21.2. The molecule has 4 amide bonds. The van der Waals surface area contributed by atoms with E-state index in [1.807, 2.05) is 0 Å². The van der Waals surface area contributed by atoms with Crippen LogP contribution in [0.1, 0.15) is 34.6 Å². The molecular formula is C19H25N3O6. The lowest BCUT2D eigenvalue weighted by Gasteiger charge is -2.33. The third-order valence-corrected chi connectivity index (χ3v) is 3.80. The second-order valence-corrected chi connectivity index (χ2v) is 7.48. The van der Waals surface area contributed by atoms with Gasteiger partial charge in [-0.25, -0.2) is 9.59 Å². The van der Waals surface area contributed by atoms with E-state index >= 15 is 0 Å². The number of urea groups is 1. The Kier molecular flexibility index (Phi) is 6.27. The standard InChI is InChI=1S/C19H25N3O6/c1-11(16(24)20-18(26)21-19(3,4)5)27-17(25)15-10-22(12(2)23)13-8-6-7-9-14(13)28-15/h6-9,11,15H,10H2,1-5H3,(H2,20,21,24,26)/t11-,15-/m0/s1. The Hall–Kier alpha value is -3.10. The highest BCUT2D eigenvalue weighted by molar-refractivity contribution is 5.98. The Labute approximate surface area is 163 Å². The summed E-state index contributed by atoms with van der Waals surface area (Å²) in [6.45, 7) is 7.98. The molecule has 0 saturated carbocycles. The number of nitrogens with one attached hydrogen (secondary N) is 2. The molecule has 0 spiro atoms. The normalized spacial score (nSPS) is 16.9. The van der Waals surface area contributed by atoms with Crippen molar-refractivity contribution in [2.75, 3.05) is 11.4 Å². The van der Waals surface area contributed by atoms with Gasteiger partial charge in [-0.2, -0.15) is 0 Å². The molecule has 0 aromatic heterocycles. The van der Waals surface area contributed by atoms with Crippen molar-refractivity contribution in [1.82, 2.24) is 10.6 Å². The Bertz CT molecular complexity index is 786. The van der Waals surface area contributed by atoms with Crippen molar-refractivity contribution >= 4 is 29.5 Å². The summed E-state index contributed by atoms with van der Waals surface area (Å²) < 4.78 is 10.8. The predicted molar refractivity (Wildman–Crippen MR) is 101 cm³/mol. The molecule has 9 nitrogen and oxygen atoms in total. The predicted octanol–water partition coefficient (Wildman–Crippen LogP) is 1.36. The topological polar surface area (TPSA) is 114 Å². The third kappa shape index (κ3) is 5.45. The van der Waals surface area contributed by atoms with Gasteiger partial charge in [0.15, 0.2) is 6.10 Å². The van der Waals surface area contributed by atoms with Gasteiger partial charge in [0.2, 0.25) is 12.0 Å². The van der Waals surface area contributed by atoms with Crippen LogP contribution in [-0.4, -0.2) is 48.1 Å². The van der Waals surface area contributed by atoms with Crippen molar-refractivity contribution in [2.45, 2.75) is 52.4 Å². The summed E-state index contributed by atoms with van der Waals surface area (Å²) in [4.78, 5) is 49.6. The molecule has 1 aliphatic rings. The molecule has 0 saturated heterocycles. The van der Waals surface area contributed by atoms with E-state index in [-0.39, 0.29) is 12.5 Å². The fourth-order valence-electron chi connectivity index (χ4n) is 2.54. The molecule has 1 aliphatic heterocycles. The molecule has 1 aromatic carbocycles. The van der Waals surface area contributed by atoms with Gasteiger partial charge in [-0.15, -0.1) is 0 Å². The number of ether oxygens (including phenoxy) is 2. The quantitative estimate of drug-likeness (QED) is 0.752. The van der Waals surface area contributed by atoms with Crippen LogP contribution in [0.5, 0.6) is 5.75 Å². The summed E-state index contributed by atoms with van der Waals surface area (Å²) in [5, 5.41) is 4.69. The zero-order chi connectivity index (χ0) is 21.1. The van der Waals surface area contributed by atoms with Crippen LogP contribution in [0, 0.1) is 0 Å². The molecule has 0 fully saturated rings. The van der Waals surface area contributed by atoms with E-state index in [4.69, 9.17) is 9.47 Å². The molecule has 9 heteroatoms. The van der Waals surface area contributed by atoms with E-state index in [1.54, 1.807) is 45.0 Å². The molecule has 2 N–H and O–H groups in total. The van der Waals surface area contributed by atoms with Gasteiger partial charge in [0.05, 0.1) is 12.2 Å². The fraction of sp³-hybridized carbons (Fsp3) is 0.474. The number of benzene rings is 1. The van der Waals surface area contributed by atoms with Crippen LogP contribution in [0.25, 0.3) is 0 Å². The Morgan fingerprint density at radius 1 is 1.21 bits per heavy atom. The average Bonchev–Trinajstić information content (AvgIpc) is 2.58. The largest absolute Gasteiger partial charge is 0.475 e. The van der Waals surface area contributed by atoms with Crippen LogP contribution in [0.15, 0.2) is 24.3 Å². The lowest BCUT2D eigenvalue weighted by Crippen LogP contribution is -2.52. The Morgan fingerprint density at radius 2 is 1.86 bits per heavy atom. The lowest BCUT2D eigenvalue weighted by atomic mass is 10.1. The Balaban J connectivity index is 1.99. The Morgan fingerprint density at radius 3 is 2.46 bits per heavy atom. The highest BCUT2D eigenvalue weighted by atomic mass is 16.6. The van der Waals surface area contributed by atoms with E-state index in [1.165, 1.54) is 18.7 Å². The molecule has 2 rings (SSSR count). The SMILES string of the molecule is CC(=O)N1C[C@@H](C(=O)O[C@@H](C)C(=O)NC(=O)NC(C)(C)C)Oc2ccccc21. The minimum atomic E-state index is -1.22. The van der Waals surface area contributed by atoms with E-state index < -0.39 is 35.7 Å². The van der Waals surface area contributed by atoms with Gasteiger partial charge in [0.1, 0.15) is 5.75 Å². The first-order valence-electron chi connectivity index (χ1n) is 8.85. The second kappa shape index (κ2) is 8.28. The van der Waals surface area contributed by atoms with Gasteiger partial charge in [0.25, 0.3) is 5.91 Å². The number of carbonyl (C=O) groups is 4. The summed E-state index contributed by atoms with van der Waals surface area (Å²) >= 11 is 0. The number of para-hydroxylation sites is 2. The average molecular weight is 391 g/mol. The maximum atomic E-state index is 12.4. The number of hydrogen-bond donors (Lipinski definition) is 2. The number of fused-ring (bicyclic) bond motifs is 1. The minimum absolute atomic E-state index is 0.0377. The van der Waals surface area contributed by atoms with Crippen molar-refractivity contribution in [1.29, 1.82) is 0 Å². The number of rotatable bonds is 3. The van der Waals surface area contributed by atoms with Crippen molar-refractivity contribution in [3.63, 3.8) is 0 Å². The van der Waals surface area contributed by atoms with E-state index in [0.717, 1.165) is 0 Å². The van der Waals surface area contributed by atoms with Gasteiger partial charge < -0.3 is 19.7 Å². The first-order valence-corrected chi connectivity index (χ1v) is 8.85. The lowest BCUT2D eigenvalue weighted by molar-refractivity contribution is -0.161. The smallest absolute Gasteiger partial charge is 0.350 e. The van der Waals surface area contributed by atoms with E-state index in [9.17, 15) is 19.2 Å². The number of carbonyl (C=O) groups excluding carboxylic acids is 4. The molecule has 0 unspecified atom stereocenters. The number of esters is 1. The molecule has 1 heterocycles. The molecule has 2 atom stereocenters. The van der Waals surface area contributed by atoms with Crippen LogP contribution in [0.2, 0.25) is 0 Å². The molecule has 0 aliphatic carbocycles. The number of hydrogen-bond acceptors (Lipinski definition) is 6. The monoisotopic (exact) mass is 391 g/mol. The summed E-state index contributed by atoms with van der Waals surface area (Å²) in [6, 6.07) is 6.13. The summed E-state index contributed by atoms with van der Waals surface area (Å²) in [5.41, 5.74) is 0.0349. The van der Waals surface area contributed by atoms with E-state index in [0.29, 0.717) is 11.4 Å². The molecule has 152 valence electrons. The van der Waals surface area contributed by atoms with Crippen molar-refractivity contribution < 1.29 is 28.7 Å². The van der Waals surface area contributed by atoms with Crippen LogP contribution in [0.4, 0.5) is 10.5 Å². The zero-order valence-corrected chi connectivity index (χ0v) is 16.6. The number of imide groups is 1. The van der Waals surface area contributed by atoms with Crippen LogP contribution < -0.4 is 20.3 Å². The molecule has 28 heavy (non-hydrogen) atoms. The van der Waals surface area contributed by atoms with Crippen molar-refractivity contribution in [3.8, 4) is 5.75 Å². The third-order valence-electron chi connectivity index (χ3n) is 3.80. The van der Waals surface area contributed by atoms with Crippen LogP contribution in [-0.2, 0) is 19.1 Å². The first-order chi connectivity index (χ1) is 13.0. The zero-order valence-electron chi connectivity index (χ0n) is 16.6. The fourth-order valence-corrected chi connectivity index (χ4v) is 2.54. The molecule has 0 radical (unpaired) electrons. The minimum Gasteiger partial charge on any atom is -0.475 e. The maximum Gasteiger partial charge on any atom is 0.350 e. The molecule has 1 aromatic rings. The molecular weight excluding hydrogens is 366 g/mol. The van der Waals surface area contributed by atoms with Crippen molar-refractivity contribution in [3.05, 3.63) is 24.3 Å². The number of anilines is 1. The van der Waals surface area contributed by atoms with Crippen LogP contribution in [0.3, 0.4) is 0 Å². The van der Waals surface area contributed by atoms with Crippen molar-refractivity contribution in [2.24, 2.45) is 0 Å². The van der Waals surface area contributed by atoms with E-state index in [2.05, 4.69) is 10.6 Å². The highest BCUT2D eigenvalue weighted by Crippen LogP contribution is 2.33. The summed E-state index contributed by atoms with van der Waals surface area (Å²) in [6.07, 6.45) is -2.30. The molecule has 0 bridgehead atoms. The summed E-state index contributed by atoms with van der Waals surface area (Å²) in [5.74, 6) is -1.46. The van der Waals surface area contributed by atoms with Gasteiger partial charge in [-0.05, 0) is 39.8 Å². The highest BCUT2D eigenvalue weighted by Gasteiger charge is 2.35. The number of amides is 4. The van der Waals surface area contributed by atoms with Gasteiger partial charge in [0, 0.05) is 12.5 Å². The summed E-state index contributed by atoms with van der Waals surface area (Å²) in [7, 11) is 0.